The summed E-state index contributed by atoms with van der Waals surface area (Å²) in [5.74, 6) is 0.664. The summed E-state index contributed by atoms with van der Waals surface area (Å²) in [6.45, 7) is 4.50. The van der Waals surface area contributed by atoms with E-state index < -0.39 is 9.35 Å². The number of nitrogens with zero attached hydrogens (tertiary/aromatic N) is 2. The third-order valence-electron chi connectivity index (χ3n) is 4.44. The van der Waals surface area contributed by atoms with Gasteiger partial charge >= 0.3 is 0 Å². The lowest BCUT2D eigenvalue weighted by molar-refractivity contribution is 0.322. The SMILES string of the molecule is CCCCN1CCCOc2cc3c(C(Cl)(Cl)Cl)c(C#N)c(=O)[nH]c3cc21. The Balaban J connectivity index is 2.29. The Hall–Kier alpha value is -1.61. The number of unbranched alkanes of at least 4 members (excludes halogenated alkanes) is 1. The number of fused-ring (bicyclic) bond motifs is 2. The average Bonchev–Trinajstić information content (AvgIpc) is 2.77. The van der Waals surface area contributed by atoms with Crippen molar-refractivity contribution in [3.05, 3.63) is 33.6 Å². The van der Waals surface area contributed by atoms with Crippen LogP contribution in [0.5, 0.6) is 5.75 Å². The molecule has 5 nitrogen and oxygen atoms in total. The zero-order valence-corrected chi connectivity index (χ0v) is 16.5. The number of nitriles is 1. The van der Waals surface area contributed by atoms with Crippen LogP contribution < -0.4 is 15.2 Å². The molecule has 0 saturated heterocycles. The maximum atomic E-state index is 12.3. The van der Waals surface area contributed by atoms with E-state index in [2.05, 4.69) is 16.8 Å². The summed E-state index contributed by atoms with van der Waals surface area (Å²) >= 11 is 18.2. The summed E-state index contributed by atoms with van der Waals surface area (Å²) < 4.78 is 3.99. The predicted octanol–water partition coefficient (Wildman–Crippen LogP) is 4.62. The average molecular weight is 415 g/mol. The molecule has 1 aliphatic heterocycles. The molecule has 1 aromatic carbocycles. The molecule has 1 aliphatic rings. The smallest absolute Gasteiger partial charge is 0.266 e. The first-order valence-corrected chi connectivity index (χ1v) is 9.59. The number of nitrogens with one attached hydrogen (secondary N) is 1. The number of hydrogen-bond donors (Lipinski definition) is 1. The minimum absolute atomic E-state index is 0.0829. The summed E-state index contributed by atoms with van der Waals surface area (Å²) in [5.41, 5.74) is 0.726. The second-order valence-corrected chi connectivity index (χ2v) is 8.50. The van der Waals surface area contributed by atoms with Crippen LogP contribution in [0.4, 0.5) is 5.69 Å². The minimum atomic E-state index is -1.90. The summed E-state index contributed by atoms with van der Waals surface area (Å²) in [7, 11) is 0. The molecule has 2 heterocycles. The van der Waals surface area contributed by atoms with Gasteiger partial charge in [-0.2, -0.15) is 5.26 Å². The maximum absolute atomic E-state index is 12.3. The molecule has 0 bridgehead atoms. The molecule has 0 fully saturated rings. The maximum Gasteiger partial charge on any atom is 0.266 e. The molecular weight excluding hydrogens is 397 g/mol. The number of hydrogen-bond acceptors (Lipinski definition) is 4. The largest absolute Gasteiger partial charge is 0.491 e. The monoisotopic (exact) mass is 413 g/mol. The van der Waals surface area contributed by atoms with Crippen LogP contribution in [0.1, 0.15) is 37.3 Å². The lowest BCUT2D eigenvalue weighted by Gasteiger charge is -2.25. The molecule has 138 valence electrons. The van der Waals surface area contributed by atoms with Gasteiger partial charge in [-0.25, -0.2) is 0 Å². The summed E-state index contributed by atoms with van der Waals surface area (Å²) in [6.07, 6.45) is 3.03. The van der Waals surface area contributed by atoms with Crippen molar-refractivity contribution in [2.24, 2.45) is 0 Å². The van der Waals surface area contributed by atoms with Crippen LogP contribution in [0.3, 0.4) is 0 Å². The van der Waals surface area contributed by atoms with E-state index in [-0.39, 0.29) is 11.1 Å². The zero-order chi connectivity index (χ0) is 18.9. The number of benzene rings is 1. The molecule has 0 spiro atoms. The summed E-state index contributed by atoms with van der Waals surface area (Å²) in [4.78, 5) is 17.3. The van der Waals surface area contributed by atoms with E-state index in [1.807, 2.05) is 12.1 Å². The van der Waals surface area contributed by atoms with Crippen molar-refractivity contribution >= 4 is 51.4 Å². The highest BCUT2D eigenvalue weighted by molar-refractivity contribution is 6.67. The van der Waals surface area contributed by atoms with Crippen molar-refractivity contribution in [2.75, 3.05) is 24.6 Å². The van der Waals surface area contributed by atoms with Gasteiger partial charge in [-0.05, 0) is 25.0 Å². The highest BCUT2D eigenvalue weighted by Crippen LogP contribution is 2.45. The van der Waals surface area contributed by atoms with Crippen LogP contribution in [0.15, 0.2) is 16.9 Å². The Morgan fingerprint density at radius 1 is 1.38 bits per heavy atom. The van der Waals surface area contributed by atoms with Crippen molar-refractivity contribution in [3.63, 3.8) is 0 Å². The van der Waals surface area contributed by atoms with Gasteiger partial charge in [0, 0.05) is 24.0 Å². The van der Waals surface area contributed by atoms with Gasteiger partial charge in [-0.15, -0.1) is 0 Å². The number of aromatic nitrogens is 1. The van der Waals surface area contributed by atoms with Gasteiger partial charge in [0.25, 0.3) is 5.56 Å². The van der Waals surface area contributed by atoms with Gasteiger partial charge in [-0.3, -0.25) is 4.79 Å². The van der Waals surface area contributed by atoms with Gasteiger partial charge < -0.3 is 14.6 Å². The number of pyridine rings is 1. The zero-order valence-electron chi connectivity index (χ0n) is 14.2. The molecule has 0 radical (unpaired) electrons. The minimum Gasteiger partial charge on any atom is -0.491 e. The van der Waals surface area contributed by atoms with Gasteiger partial charge in [0.2, 0.25) is 3.79 Å². The van der Waals surface area contributed by atoms with E-state index in [1.54, 1.807) is 6.07 Å². The molecule has 2 aromatic rings. The number of aromatic amines is 1. The van der Waals surface area contributed by atoms with E-state index in [9.17, 15) is 10.1 Å². The topological polar surface area (TPSA) is 69.1 Å². The number of alkyl halides is 3. The van der Waals surface area contributed by atoms with Crippen molar-refractivity contribution in [1.29, 1.82) is 5.26 Å². The van der Waals surface area contributed by atoms with E-state index >= 15 is 0 Å². The molecule has 0 saturated carbocycles. The van der Waals surface area contributed by atoms with Crippen LogP contribution in [0.2, 0.25) is 0 Å². The molecule has 0 unspecified atom stereocenters. The van der Waals surface area contributed by atoms with Crippen LogP contribution in [0.25, 0.3) is 10.9 Å². The van der Waals surface area contributed by atoms with Crippen LogP contribution in [-0.2, 0) is 3.79 Å². The fourth-order valence-electron chi connectivity index (χ4n) is 3.21. The molecule has 1 aromatic heterocycles. The van der Waals surface area contributed by atoms with Gasteiger partial charge in [0.15, 0.2) is 0 Å². The van der Waals surface area contributed by atoms with Gasteiger partial charge in [0.05, 0.1) is 17.8 Å². The molecule has 0 aliphatic carbocycles. The molecule has 1 N–H and O–H groups in total. The highest BCUT2D eigenvalue weighted by atomic mass is 35.6. The molecule has 0 amide bonds. The number of halogens is 3. The Kier molecular flexibility index (Phi) is 5.57. The van der Waals surface area contributed by atoms with Crippen molar-refractivity contribution in [1.82, 2.24) is 4.98 Å². The van der Waals surface area contributed by atoms with E-state index in [4.69, 9.17) is 39.5 Å². The standard InChI is InChI=1S/C18H18Cl3N3O2/c1-2-3-5-24-6-4-7-26-15-8-11-13(9-14(15)24)23-17(25)12(10-22)16(11)18(19,20)21/h8-9H,2-7H2,1H3,(H,23,25). The number of H-pyrrole nitrogens is 1. The Labute approximate surface area is 166 Å². The van der Waals surface area contributed by atoms with E-state index in [1.165, 1.54) is 0 Å². The molecule has 3 rings (SSSR count). The number of anilines is 1. The van der Waals surface area contributed by atoms with Gasteiger partial charge in [-0.1, -0.05) is 48.1 Å². The lowest BCUT2D eigenvalue weighted by Crippen LogP contribution is -2.25. The highest BCUT2D eigenvalue weighted by Gasteiger charge is 2.32. The van der Waals surface area contributed by atoms with Crippen molar-refractivity contribution in [2.45, 2.75) is 30.0 Å². The van der Waals surface area contributed by atoms with Crippen molar-refractivity contribution < 1.29 is 4.74 Å². The quantitative estimate of drug-likeness (QED) is 0.744. The van der Waals surface area contributed by atoms with Crippen LogP contribution in [-0.4, -0.2) is 24.7 Å². The first kappa shape index (κ1) is 19.2. The Morgan fingerprint density at radius 3 is 2.81 bits per heavy atom. The first-order chi connectivity index (χ1) is 12.4. The molecular formula is C18H18Cl3N3O2. The molecule has 0 atom stereocenters. The fraction of sp³-hybridized carbons (Fsp3) is 0.444. The Bertz CT molecular complexity index is 928. The summed E-state index contributed by atoms with van der Waals surface area (Å²) in [5, 5.41) is 9.86. The third-order valence-corrected chi connectivity index (χ3v) is 5.01. The van der Waals surface area contributed by atoms with Crippen molar-refractivity contribution in [3.8, 4) is 11.8 Å². The lowest BCUT2D eigenvalue weighted by atomic mass is 10.0. The first-order valence-electron chi connectivity index (χ1n) is 8.46. The van der Waals surface area contributed by atoms with Crippen LogP contribution >= 0.6 is 34.8 Å². The van der Waals surface area contributed by atoms with Crippen LogP contribution in [0, 0.1) is 11.3 Å². The molecule has 26 heavy (non-hydrogen) atoms. The predicted molar refractivity (Wildman–Crippen MR) is 106 cm³/mol. The third kappa shape index (κ3) is 3.59. The normalized spacial score (nSPS) is 14.5. The van der Waals surface area contributed by atoms with E-state index in [0.29, 0.717) is 23.3 Å². The fourth-order valence-corrected chi connectivity index (χ4v) is 3.80. The second kappa shape index (κ2) is 7.56. The van der Waals surface area contributed by atoms with E-state index in [0.717, 1.165) is 38.0 Å². The summed E-state index contributed by atoms with van der Waals surface area (Å²) in [6, 6.07) is 5.44. The number of rotatable bonds is 3. The van der Waals surface area contributed by atoms with Gasteiger partial charge in [0.1, 0.15) is 17.4 Å². The number of ether oxygens (including phenoxy) is 1. The molecule has 8 heteroatoms. The Morgan fingerprint density at radius 2 is 2.15 bits per heavy atom. The second-order valence-electron chi connectivity index (χ2n) is 6.22.